The van der Waals surface area contributed by atoms with Gasteiger partial charge in [0.15, 0.2) is 6.19 Å². The molecule has 1 atom stereocenters. The predicted octanol–water partition coefficient (Wildman–Crippen LogP) is 1.42. The van der Waals surface area contributed by atoms with Crippen molar-refractivity contribution in [2.45, 2.75) is 13.0 Å². The van der Waals surface area contributed by atoms with Crippen molar-refractivity contribution in [2.24, 2.45) is 0 Å². The zero-order valence-electron chi connectivity index (χ0n) is 9.77. The first-order valence-corrected chi connectivity index (χ1v) is 5.61. The number of fused-ring (bicyclic) bond motifs is 1. The van der Waals surface area contributed by atoms with Gasteiger partial charge in [0, 0.05) is 0 Å². The summed E-state index contributed by atoms with van der Waals surface area (Å²) in [6.45, 7) is 2.27. The number of rotatable bonds is 1. The number of benzene rings is 1. The highest BCUT2D eigenvalue weighted by Gasteiger charge is 2.29. The summed E-state index contributed by atoms with van der Waals surface area (Å²) in [7, 11) is 0. The third-order valence-corrected chi connectivity index (χ3v) is 3.06. The van der Waals surface area contributed by atoms with Crippen molar-refractivity contribution in [3.63, 3.8) is 0 Å². The topological polar surface area (TPSA) is 84.8 Å². The van der Waals surface area contributed by atoms with Gasteiger partial charge in [-0.05, 0) is 24.6 Å². The van der Waals surface area contributed by atoms with Gasteiger partial charge in [-0.3, -0.25) is 0 Å². The van der Waals surface area contributed by atoms with E-state index >= 15 is 0 Å². The molecule has 0 radical (unpaired) electrons. The Bertz CT molecular complexity index is 669. The average Bonchev–Trinajstić information content (AvgIpc) is 2.89. The highest BCUT2D eigenvalue weighted by atomic mass is 16.2. The van der Waals surface area contributed by atoms with Crippen LogP contribution in [0, 0.1) is 18.4 Å². The second-order valence-corrected chi connectivity index (χ2v) is 4.31. The van der Waals surface area contributed by atoms with Crippen molar-refractivity contribution in [2.75, 3.05) is 6.54 Å². The minimum Gasteiger partial charge on any atom is -0.342 e. The fourth-order valence-electron chi connectivity index (χ4n) is 2.18. The van der Waals surface area contributed by atoms with E-state index in [1.165, 1.54) is 0 Å². The highest BCUT2D eigenvalue weighted by molar-refractivity contribution is 5.80. The van der Waals surface area contributed by atoms with Crippen molar-refractivity contribution in [1.29, 1.82) is 5.26 Å². The van der Waals surface area contributed by atoms with E-state index < -0.39 is 0 Å². The standard InChI is InChI=1S/C12H11N5O/c1-7-14-9-3-2-8(4-10(9)15-7)11-5-17(6-13)12(18)16-11/h2-4,11H,5H2,1H3,(H,14,15)(H,16,18). The lowest BCUT2D eigenvalue weighted by Gasteiger charge is -2.08. The lowest BCUT2D eigenvalue weighted by Crippen LogP contribution is -2.23. The van der Waals surface area contributed by atoms with Gasteiger partial charge in [0.25, 0.3) is 0 Å². The number of aromatic amines is 1. The number of carbonyl (C=O) groups excluding carboxylic acids is 1. The lowest BCUT2D eigenvalue weighted by atomic mass is 10.1. The van der Waals surface area contributed by atoms with Gasteiger partial charge in [0.2, 0.25) is 0 Å². The summed E-state index contributed by atoms with van der Waals surface area (Å²) in [5.41, 5.74) is 2.81. The predicted molar refractivity (Wildman–Crippen MR) is 64.4 cm³/mol. The summed E-state index contributed by atoms with van der Waals surface area (Å²) < 4.78 is 0. The zero-order chi connectivity index (χ0) is 12.7. The van der Waals surface area contributed by atoms with Crippen molar-refractivity contribution in [1.82, 2.24) is 20.2 Å². The number of hydrogen-bond acceptors (Lipinski definition) is 3. The van der Waals surface area contributed by atoms with Crippen LogP contribution in [-0.2, 0) is 0 Å². The molecule has 0 bridgehead atoms. The Morgan fingerprint density at radius 3 is 3.11 bits per heavy atom. The number of amides is 2. The second-order valence-electron chi connectivity index (χ2n) is 4.31. The van der Waals surface area contributed by atoms with Gasteiger partial charge in [-0.15, -0.1) is 0 Å². The summed E-state index contributed by atoms with van der Waals surface area (Å²) in [5, 5.41) is 11.5. The minimum absolute atomic E-state index is 0.148. The van der Waals surface area contributed by atoms with Gasteiger partial charge >= 0.3 is 6.03 Å². The summed E-state index contributed by atoms with van der Waals surface area (Å²) in [6.07, 6.45) is 1.86. The molecule has 0 aliphatic carbocycles. The molecule has 1 aromatic carbocycles. The van der Waals surface area contributed by atoms with Crippen molar-refractivity contribution in [3.8, 4) is 6.19 Å². The van der Waals surface area contributed by atoms with Crippen molar-refractivity contribution in [3.05, 3.63) is 29.6 Å². The fraction of sp³-hybridized carbons (Fsp3) is 0.250. The summed E-state index contributed by atoms with van der Waals surface area (Å²) >= 11 is 0. The van der Waals surface area contributed by atoms with Crippen LogP contribution in [0.2, 0.25) is 0 Å². The summed E-state index contributed by atoms with van der Waals surface area (Å²) in [6, 6.07) is 5.30. The van der Waals surface area contributed by atoms with E-state index in [0.29, 0.717) is 6.54 Å². The molecule has 1 aliphatic rings. The Balaban J connectivity index is 1.96. The molecule has 0 spiro atoms. The van der Waals surface area contributed by atoms with Crippen LogP contribution >= 0.6 is 0 Å². The molecule has 1 saturated heterocycles. The number of H-pyrrole nitrogens is 1. The molecule has 1 fully saturated rings. The number of carbonyl (C=O) groups is 1. The van der Waals surface area contributed by atoms with Crippen LogP contribution in [-0.4, -0.2) is 27.4 Å². The average molecular weight is 241 g/mol. The largest absolute Gasteiger partial charge is 0.342 e. The molecule has 1 unspecified atom stereocenters. The first kappa shape index (κ1) is 10.6. The van der Waals surface area contributed by atoms with E-state index in [1.807, 2.05) is 31.3 Å². The van der Waals surface area contributed by atoms with Gasteiger partial charge in [-0.2, -0.15) is 5.26 Å². The molecule has 2 heterocycles. The van der Waals surface area contributed by atoms with Crippen LogP contribution in [0.25, 0.3) is 11.0 Å². The van der Waals surface area contributed by atoms with Crippen LogP contribution in [0.5, 0.6) is 0 Å². The molecule has 1 aromatic heterocycles. The second kappa shape index (κ2) is 3.74. The maximum Gasteiger partial charge on any atom is 0.331 e. The van der Waals surface area contributed by atoms with E-state index in [0.717, 1.165) is 27.3 Å². The van der Waals surface area contributed by atoms with Gasteiger partial charge < -0.3 is 10.3 Å². The number of urea groups is 1. The fourth-order valence-corrected chi connectivity index (χ4v) is 2.18. The molecular weight excluding hydrogens is 230 g/mol. The molecule has 2 aromatic rings. The normalized spacial score (nSPS) is 19.0. The van der Waals surface area contributed by atoms with E-state index in [2.05, 4.69) is 15.3 Å². The number of nitrogens with zero attached hydrogens (tertiary/aromatic N) is 3. The Hall–Kier alpha value is -2.55. The molecule has 90 valence electrons. The number of hydrogen-bond donors (Lipinski definition) is 2. The quantitative estimate of drug-likeness (QED) is 0.740. The monoisotopic (exact) mass is 241 g/mol. The number of nitriles is 1. The Morgan fingerprint density at radius 1 is 1.56 bits per heavy atom. The van der Waals surface area contributed by atoms with E-state index in [9.17, 15) is 4.79 Å². The SMILES string of the molecule is Cc1nc2ccc(C3CN(C#N)C(=O)N3)cc2[nH]1. The molecule has 2 amide bonds. The third-order valence-electron chi connectivity index (χ3n) is 3.06. The van der Waals surface area contributed by atoms with Crippen LogP contribution in [0.3, 0.4) is 0 Å². The van der Waals surface area contributed by atoms with E-state index in [-0.39, 0.29) is 12.1 Å². The molecule has 18 heavy (non-hydrogen) atoms. The maximum absolute atomic E-state index is 11.4. The van der Waals surface area contributed by atoms with Crippen LogP contribution in [0.1, 0.15) is 17.4 Å². The molecule has 6 nitrogen and oxygen atoms in total. The summed E-state index contributed by atoms with van der Waals surface area (Å²) in [4.78, 5) is 20.0. The maximum atomic E-state index is 11.4. The molecule has 0 saturated carbocycles. The molecule has 2 N–H and O–H groups in total. The Morgan fingerprint density at radius 2 is 2.39 bits per heavy atom. The van der Waals surface area contributed by atoms with Gasteiger partial charge in [-0.1, -0.05) is 6.07 Å². The number of aryl methyl sites for hydroxylation is 1. The van der Waals surface area contributed by atoms with Crippen LogP contribution in [0.4, 0.5) is 4.79 Å². The summed E-state index contributed by atoms with van der Waals surface area (Å²) in [5.74, 6) is 0.858. The number of imidazole rings is 1. The van der Waals surface area contributed by atoms with Crippen molar-refractivity contribution >= 4 is 17.1 Å². The smallest absolute Gasteiger partial charge is 0.331 e. The van der Waals surface area contributed by atoms with Crippen LogP contribution < -0.4 is 5.32 Å². The van der Waals surface area contributed by atoms with Gasteiger partial charge in [0.1, 0.15) is 5.82 Å². The first-order valence-electron chi connectivity index (χ1n) is 5.61. The van der Waals surface area contributed by atoms with E-state index in [4.69, 9.17) is 5.26 Å². The van der Waals surface area contributed by atoms with Gasteiger partial charge in [-0.25, -0.2) is 14.7 Å². The Kier molecular flexibility index (Phi) is 2.20. The number of nitrogens with one attached hydrogen (secondary N) is 2. The highest BCUT2D eigenvalue weighted by Crippen LogP contribution is 2.23. The third kappa shape index (κ3) is 1.57. The molecule has 1 aliphatic heterocycles. The lowest BCUT2D eigenvalue weighted by molar-refractivity contribution is 0.232. The molecule has 6 heteroatoms. The molecular formula is C12H11N5O. The molecule has 3 rings (SSSR count). The van der Waals surface area contributed by atoms with Crippen molar-refractivity contribution < 1.29 is 4.79 Å². The van der Waals surface area contributed by atoms with Crippen LogP contribution in [0.15, 0.2) is 18.2 Å². The van der Waals surface area contributed by atoms with E-state index in [1.54, 1.807) is 0 Å². The minimum atomic E-state index is -0.344. The zero-order valence-corrected chi connectivity index (χ0v) is 9.77. The Labute approximate surface area is 103 Å². The van der Waals surface area contributed by atoms with Gasteiger partial charge in [0.05, 0.1) is 23.6 Å². The number of aromatic nitrogens is 2. The first-order chi connectivity index (χ1) is 8.67.